The molecule has 0 unspecified atom stereocenters. The molecule has 1 fully saturated rings. The van der Waals surface area contributed by atoms with E-state index in [2.05, 4.69) is 28.7 Å². The standard InChI is InChI=1S/C11H17NS/c1-10-2-5-12(6-3-10)8-11-4-7-13-9-11/h4,7,9-10H,2-3,5-6,8H2,1H3. The van der Waals surface area contributed by atoms with E-state index in [1.54, 1.807) is 11.3 Å². The molecule has 0 N–H and O–H groups in total. The van der Waals surface area contributed by atoms with Gasteiger partial charge in [-0.1, -0.05) is 6.92 Å². The summed E-state index contributed by atoms with van der Waals surface area (Å²) in [6.45, 7) is 6.10. The number of piperidine rings is 1. The molecule has 0 spiro atoms. The van der Waals surface area contributed by atoms with E-state index < -0.39 is 0 Å². The third kappa shape index (κ3) is 2.55. The van der Waals surface area contributed by atoms with Crippen LogP contribution in [-0.2, 0) is 6.54 Å². The summed E-state index contributed by atoms with van der Waals surface area (Å²) in [4.78, 5) is 2.57. The molecule has 2 heteroatoms. The molecule has 13 heavy (non-hydrogen) atoms. The summed E-state index contributed by atoms with van der Waals surface area (Å²) >= 11 is 1.80. The highest BCUT2D eigenvalue weighted by Gasteiger charge is 2.15. The molecule has 1 aliphatic rings. The molecule has 0 atom stereocenters. The van der Waals surface area contributed by atoms with Crippen LogP contribution in [0.2, 0.25) is 0 Å². The Kier molecular flexibility index (Phi) is 3.01. The van der Waals surface area contributed by atoms with Crippen LogP contribution in [0.15, 0.2) is 16.8 Å². The molecule has 0 aliphatic carbocycles. The number of likely N-dealkylation sites (tertiary alicyclic amines) is 1. The highest BCUT2D eigenvalue weighted by molar-refractivity contribution is 7.07. The average Bonchev–Trinajstić information content (AvgIpc) is 2.62. The second kappa shape index (κ2) is 4.25. The van der Waals surface area contributed by atoms with Crippen molar-refractivity contribution in [3.05, 3.63) is 22.4 Å². The molecular formula is C11H17NS. The topological polar surface area (TPSA) is 3.24 Å². The van der Waals surface area contributed by atoms with E-state index in [1.165, 1.54) is 31.5 Å². The summed E-state index contributed by atoms with van der Waals surface area (Å²) in [6, 6.07) is 2.24. The minimum absolute atomic E-state index is 0.943. The van der Waals surface area contributed by atoms with Crippen molar-refractivity contribution in [1.82, 2.24) is 4.90 Å². The number of hydrogen-bond acceptors (Lipinski definition) is 2. The molecular weight excluding hydrogens is 178 g/mol. The quantitative estimate of drug-likeness (QED) is 0.701. The van der Waals surface area contributed by atoms with Crippen LogP contribution >= 0.6 is 11.3 Å². The van der Waals surface area contributed by atoms with Crippen LogP contribution in [-0.4, -0.2) is 18.0 Å². The summed E-state index contributed by atoms with van der Waals surface area (Å²) in [5, 5.41) is 4.43. The van der Waals surface area contributed by atoms with Gasteiger partial charge in [-0.2, -0.15) is 11.3 Å². The van der Waals surface area contributed by atoms with Crippen molar-refractivity contribution in [2.45, 2.75) is 26.3 Å². The fourth-order valence-electron chi connectivity index (χ4n) is 1.86. The predicted octanol–water partition coefficient (Wildman–Crippen LogP) is 2.98. The zero-order chi connectivity index (χ0) is 9.10. The van der Waals surface area contributed by atoms with Gasteiger partial charge in [-0.3, -0.25) is 4.90 Å². The average molecular weight is 195 g/mol. The van der Waals surface area contributed by atoms with Gasteiger partial charge >= 0.3 is 0 Å². The molecule has 0 radical (unpaired) electrons. The van der Waals surface area contributed by atoms with Crippen LogP contribution in [0.3, 0.4) is 0 Å². The maximum absolute atomic E-state index is 2.57. The molecule has 1 aromatic heterocycles. The fourth-order valence-corrected chi connectivity index (χ4v) is 2.52. The van der Waals surface area contributed by atoms with Gasteiger partial charge in [0.05, 0.1) is 0 Å². The van der Waals surface area contributed by atoms with Crippen molar-refractivity contribution >= 4 is 11.3 Å². The van der Waals surface area contributed by atoms with E-state index in [-0.39, 0.29) is 0 Å². The Morgan fingerprint density at radius 1 is 1.46 bits per heavy atom. The smallest absolute Gasteiger partial charge is 0.0241 e. The highest BCUT2D eigenvalue weighted by Crippen LogP contribution is 2.18. The second-order valence-corrected chi connectivity index (χ2v) is 4.87. The first-order valence-corrected chi connectivity index (χ1v) is 6.02. The minimum atomic E-state index is 0.943. The van der Waals surface area contributed by atoms with Gasteiger partial charge in [0, 0.05) is 6.54 Å². The maximum Gasteiger partial charge on any atom is 0.0241 e. The van der Waals surface area contributed by atoms with Crippen molar-refractivity contribution < 1.29 is 0 Å². The van der Waals surface area contributed by atoms with E-state index in [4.69, 9.17) is 0 Å². The lowest BCUT2D eigenvalue weighted by Gasteiger charge is -2.29. The first kappa shape index (κ1) is 9.22. The lowest BCUT2D eigenvalue weighted by atomic mass is 9.99. The lowest BCUT2D eigenvalue weighted by molar-refractivity contribution is 0.185. The van der Waals surface area contributed by atoms with Gasteiger partial charge in [0.25, 0.3) is 0 Å². The highest BCUT2D eigenvalue weighted by atomic mass is 32.1. The zero-order valence-electron chi connectivity index (χ0n) is 8.20. The Morgan fingerprint density at radius 3 is 2.85 bits per heavy atom. The molecule has 1 aromatic rings. The molecule has 1 saturated heterocycles. The van der Waals surface area contributed by atoms with Crippen molar-refractivity contribution in [3.63, 3.8) is 0 Å². The molecule has 2 heterocycles. The minimum Gasteiger partial charge on any atom is -0.299 e. The van der Waals surface area contributed by atoms with E-state index in [0.717, 1.165) is 12.5 Å². The van der Waals surface area contributed by atoms with Crippen LogP contribution < -0.4 is 0 Å². The van der Waals surface area contributed by atoms with Gasteiger partial charge < -0.3 is 0 Å². The normalized spacial score (nSPS) is 20.7. The second-order valence-electron chi connectivity index (χ2n) is 4.09. The Bertz CT molecular complexity index is 235. The van der Waals surface area contributed by atoms with E-state index >= 15 is 0 Å². The number of thiophene rings is 1. The van der Waals surface area contributed by atoms with Crippen molar-refractivity contribution in [2.75, 3.05) is 13.1 Å². The Labute approximate surface area is 84.4 Å². The molecule has 72 valence electrons. The van der Waals surface area contributed by atoms with E-state index in [0.29, 0.717) is 0 Å². The summed E-state index contributed by atoms with van der Waals surface area (Å²) < 4.78 is 0. The molecule has 0 saturated carbocycles. The Balaban J connectivity index is 1.83. The monoisotopic (exact) mass is 195 g/mol. The molecule has 1 aliphatic heterocycles. The van der Waals surface area contributed by atoms with E-state index in [1.807, 2.05) is 0 Å². The maximum atomic E-state index is 2.57. The SMILES string of the molecule is CC1CCN(Cc2ccsc2)CC1. The fraction of sp³-hybridized carbons (Fsp3) is 0.636. The van der Waals surface area contributed by atoms with Crippen LogP contribution in [0.25, 0.3) is 0 Å². The van der Waals surface area contributed by atoms with Gasteiger partial charge in [0.15, 0.2) is 0 Å². The number of rotatable bonds is 2. The molecule has 0 bridgehead atoms. The van der Waals surface area contributed by atoms with E-state index in [9.17, 15) is 0 Å². The molecule has 0 aromatic carbocycles. The summed E-state index contributed by atoms with van der Waals surface area (Å²) in [5.74, 6) is 0.943. The zero-order valence-corrected chi connectivity index (χ0v) is 9.02. The van der Waals surface area contributed by atoms with Gasteiger partial charge in [0.2, 0.25) is 0 Å². The van der Waals surface area contributed by atoms with Crippen molar-refractivity contribution in [2.24, 2.45) is 5.92 Å². The summed E-state index contributed by atoms with van der Waals surface area (Å²) in [5.41, 5.74) is 1.49. The molecule has 1 nitrogen and oxygen atoms in total. The van der Waals surface area contributed by atoms with Crippen LogP contribution in [0, 0.1) is 5.92 Å². The van der Waals surface area contributed by atoms with Gasteiger partial charge in [-0.25, -0.2) is 0 Å². The summed E-state index contributed by atoms with van der Waals surface area (Å²) in [6.07, 6.45) is 2.76. The van der Waals surface area contributed by atoms with Gasteiger partial charge in [0.1, 0.15) is 0 Å². The van der Waals surface area contributed by atoms with Crippen molar-refractivity contribution in [3.8, 4) is 0 Å². The predicted molar refractivity (Wildman–Crippen MR) is 58.0 cm³/mol. The number of hydrogen-bond donors (Lipinski definition) is 0. The van der Waals surface area contributed by atoms with Gasteiger partial charge in [-0.05, 0) is 54.2 Å². The lowest BCUT2D eigenvalue weighted by Crippen LogP contribution is -2.32. The van der Waals surface area contributed by atoms with Crippen LogP contribution in [0.4, 0.5) is 0 Å². The first-order chi connectivity index (χ1) is 6.34. The van der Waals surface area contributed by atoms with Crippen molar-refractivity contribution in [1.29, 1.82) is 0 Å². The van der Waals surface area contributed by atoms with Gasteiger partial charge in [-0.15, -0.1) is 0 Å². The summed E-state index contributed by atoms with van der Waals surface area (Å²) in [7, 11) is 0. The largest absolute Gasteiger partial charge is 0.299 e. The van der Waals surface area contributed by atoms with Crippen LogP contribution in [0.5, 0.6) is 0 Å². The molecule has 2 rings (SSSR count). The molecule has 0 amide bonds. The third-order valence-electron chi connectivity index (χ3n) is 2.86. The number of nitrogens with zero attached hydrogens (tertiary/aromatic N) is 1. The third-order valence-corrected chi connectivity index (χ3v) is 3.59. The Hall–Kier alpha value is -0.340. The Morgan fingerprint density at radius 2 is 2.23 bits per heavy atom. The van der Waals surface area contributed by atoms with Crippen LogP contribution in [0.1, 0.15) is 25.3 Å². The first-order valence-electron chi connectivity index (χ1n) is 5.08.